The Kier molecular flexibility index (Phi) is 8.75. The van der Waals surface area contributed by atoms with E-state index in [0.717, 1.165) is 39.1 Å². The largest absolute Gasteiger partial charge is 0.481 e. The first-order valence-electron chi connectivity index (χ1n) is 12.1. The van der Waals surface area contributed by atoms with Crippen LogP contribution in [0.25, 0.3) is 11.1 Å². The Hall–Kier alpha value is -3.95. The molecule has 0 radical (unpaired) electrons. The number of pyridine rings is 2. The standard InChI is InChI=1S/C28H30F3N3O4/c1-16(2)10-23(34-9-8-21(12-24(34)35)28(29,30)31)27(38)33-22(13-25(36)37)19-11-20(15-32-14-19)26-17(3)6-5-7-18(26)4/h5-9,11-12,14-16,22-23H,10,13H2,1-4H3,(H,33,38)(H,36,37)/t22-,23-/m0/s1. The lowest BCUT2D eigenvalue weighted by atomic mass is 9.94. The summed E-state index contributed by atoms with van der Waals surface area (Å²) in [7, 11) is 0. The van der Waals surface area contributed by atoms with Crippen molar-refractivity contribution in [1.29, 1.82) is 0 Å². The smallest absolute Gasteiger partial charge is 0.416 e. The number of halogens is 3. The van der Waals surface area contributed by atoms with Crippen LogP contribution in [-0.2, 0) is 15.8 Å². The van der Waals surface area contributed by atoms with Gasteiger partial charge in [0.25, 0.3) is 5.56 Å². The van der Waals surface area contributed by atoms with Crippen LogP contribution in [0.5, 0.6) is 0 Å². The van der Waals surface area contributed by atoms with E-state index in [1.165, 1.54) is 6.20 Å². The van der Waals surface area contributed by atoms with Crippen LogP contribution in [0.15, 0.2) is 59.8 Å². The van der Waals surface area contributed by atoms with Crippen LogP contribution in [0, 0.1) is 19.8 Å². The molecule has 0 saturated carbocycles. The van der Waals surface area contributed by atoms with Crippen molar-refractivity contribution in [2.75, 3.05) is 0 Å². The maximum atomic E-state index is 13.4. The molecule has 0 bridgehead atoms. The average molecular weight is 530 g/mol. The molecule has 3 rings (SSSR count). The third kappa shape index (κ3) is 6.87. The summed E-state index contributed by atoms with van der Waals surface area (Å²) in [6.07, 6.45) is -0.937. The summed E-state index contributed by atoms with van der Waals surface area (Å²) >= 11 is 0. The Morgan fingerprint density at radius 3 is 2.29 bits per heavy atom. The fourth-order valence-electron chi connectivity index (χ4n) is 4.47. The van der Waals surface area contributed by atoms with E-state index in [0.29, 0.717) is 11.6 Å². The number of amides is 1. The highest BCUT2D eigenvalue weighted by Crippen LogP contribution is 2.30. The topological polar surface area (TPSA) is 101 Å². The zero-order chi connectivity index (χ0) is 28.2. The Morgan fingerprint density at radius 1 is 1.08 bits per heavy atom. The minimum absolute atomic E-state index is 0.0908. The first-order valence-corrected chi connectivity index (χ1v) is 12.1. The molecule has 2 heterocycles. The normalized spacial score (nSPS) is 13.3. The number of benzene rings is 1. The number of carboxylic acid groups (broad SMARTS) is 1. The van der Waals surface area contributed by atoms with Gasteiger partial charge in [0, 0.05) is 30.2 Å². The van der Waals surface area contributed by atoms with Crippen molar-refractivity contribution in [3.05, 3.63) is 87.6 Å². The molecule has 202 valence electrons. The molecule has 10 heteroatoms. The molecule has 0 saturated heterocycles. The SMILES string of the molecule is Cc1cccc(C)c1-c1cncc([C@H](CC(=O)O)NC(=O)[C@H](CC(C)C)n2ccc(C(F)(F)F)cc2=O)c1. The molecule has 0 spiro atoms. The van der Waals surface area contributed by atoms with E-state index >= 15 is 0 Å². The second kappa shape index (κ2) is 11.6. The van der Waals surface area contributed by atoms with E-state index in [-0.39, 0.29) is 12.3 Å². The summed E-state index contributed by atoms with van der Waals surface area (Å²) in [5, 5.41) is 12.3. The predicted molar refractivity (Wildman–Crippen MR) is 136 cm³/mol. The van der Waals surface area contributed by atoms with E-state index in [9.17, 15) is 32.7 Å². The van der Waals surface area contributed by atoms with Crippen LogP contribution in [0.4, 0.5) is 13.2 Å². The van der Waals surface area contributed by atoms with Gasteiger partial charge in [0.05, 0.1) is 18.0 Å². The van der Waals surface area contributed by atoms with Crippen molar-refractivity contribution in [2.45, 2.75) is 58.8 Å². The Balaban J connectivity index is 1.99. The number of nitrogens with one attached hydrogen (secondary N) is 1. The zero-order valence-electron chi connectivity index (χ0n) is 21.5. The molecule has 2 atom stereocenters. The monoisotopic (exact) mass is 529 g/mol. The molecule has 2 aromatic heterocycles. The van der Waals surface area contributed by atoms with Crippen LogP contribution < -0.4 is 10.9 Å². The van der Waals surface area contributed by atoms with E-state index in [4.69, 9.17) is 0 Å². The van der Waals surface area contributed by atoms with Gasteiger partial charge in [-0.3, -0.25) is 19.4 Å². The van der Waals surface area contributed by atoms with Gasteiger partial charge in [0.2, 0.25) is 5.91 Å². The van der Waals surface area contributed by atoms with Crippen LogP contribution >= 0.6 is 0 Å². The number of aliphatic carboxylic acids is 1. The third-order valence-electron chi connectivity index (χ3n) is 6.24. The van der Waals surface area contributed by atoms with E-state index < -0.39 is 47.7 Å². The van der Waals surface area contributed by atoms with Gasteiger partial charge in [0.15, 0.2) is 0 Å². The van der Waals surface area contributed by atoms with Crippen molar-refractivity contribution < 1.29 is 27.9 Å². The number of hydrogen-bond donors (Lipinski definition) is 2. The molecule has 1 aromatic carbocycles. The highest BCUT2D eigenvalue weighted by molar-refractivity contribution is 5.82. The van der Waals surface area contributed by atoms with Crippen LogP contribution in [0.2, 0.25) is 0 Å². The molecule has 2 N–H and O–H groups in total. The van der Waals surface area contributed by atoms with Gasteiger partial charge < -0.3 is 15.0 Å². The molecule has 0 unspecified atom stereocenters. The molecule has 7 nitrogen and oxygen atoms in total. The molecule has 0 aliphatic heterocycles. The number of carboxylic acids is 1. The van der Waals surface area contributed by atoms with Crippen LogP contribution in [-0.4, -0.2) is 26.5 Å². The lowest BCUT2D eigenvalue weighted by Gasteiger charge is -2.25. The molecule has 0 aliphatic rings. The molecular weight excluding hydrogens is 499 g/mol. The fourth-order valence-corrected chi connectivity index (χ4v) is 4.47. The second-order valence-corrected chi connectivity index (χ2v) is 9.74. The number of nitrogens with zero attached hydrogens (tertiary/aromatic N) is 2. The van der Waals surface area contributed by atoms with Crippen molar-refractivity contribution in [3.63, 3.8) is 0 Å². The van der Waals surface area contributed by atoms with Crippen molar-refractivity contribution in [2.24, 2.45) is 5.92 Å². The zero-order valence-corrected chi connectivity index (χ0v) is 21.5. The van der Waals surface area contributed by atoms with Gasteiger partial charge in [-0.2, -0.15) is 13.2 Å². The fraction of sp³-hybridized carbons (Fsp3) is 0.357. The van der Waals surface area contributed by atoms with Crippen molar-refractivity contribution in [1.82, 2.24) is 14.9 Å². The first kappa shape index (κ1) is 28.6. The van der Waals surface area contributed by atoms with E-state index in [1.807, 2.05) is 45.9 Å². The van der Waals surface area contributed by atoms with Gasteiger partial charge in [-0.05, 0) is 60.6 Å². The molecular formula is C28H30F3N3O4. The number of aryl methyl sites for hydroxylation is 2. The van der Waals surface area contributed by atoms with Crippen LogP contribution in [0.1, 0.15) is 61.0 Å². The highest BCUT2D eigenvalue weighted by Gasteiger charge is 2.32. The number of rotatable bonds is 9. The predicted octanol–water partition coefficient (Wildman–Crippen LogP) is 5.47. The summed E-state index contributed by atoms with van der Waals surface area (Å²) in [4.78, 5) is 42.0. The quantitative estimate of drug-likeness (QED) is 0.383. The van der Waals surface area contributed by atoms with Crippen LogP contribution in [0.3, 0.4) is 0 Å². The van der Waals surface area contributed by atoms with Crippen molar-refractivity contribution >= 4 is 11.9 Å². The van der Waals surface area contributed by atoms with Gasteiger partial charge in [-0.15, -0.1) is 0 Å². The lowest BCUT2D eigenvalue weighted by Crippen LogP contribution is -2.40. The van der Waals surface area contributed by atoms with Crippen molar-refractivity contribution in [3.8, 4) is 11.1 Å². The number of aromatic nitrogens is 2. The van der Waals surface area contributed by atoms with E-state index in [2.05, 4.69) is 10.3 Å². The van der Waals surface area contributed by atoms with E-state index in [1.54, 1.807) is 12.3 Å². The van der Waals surface area contributed by atoms with Gasteiger partial charge in [-0.1, -0.05) is 32.0 Å². The minimum Gasteiger partial charge on any atom is -0.481 e. The maximum Gasteiger partial charge on any atom is 0.416 e. The summed E-state index contributed by atoms with van der Waals surface area (Å²) in [6, 6.07) is 6.65. The molecule has 3 aromatic rings. The Labute approximate surface area is 218 Å². The molecule has 0 aliphatic carbocycles. The maximum absolute atomic E-state index is 13.4. The Morgan fingerprint density at radius 2 is 1.74 bits per heavy atom. The highest BCUT2D eigenvalue weighted by atomic mass is 19.4. The minimum atomic E-state index is -4.70. The lowest BCUT2D eigenvalue weighted by molar-refractivity contribution is -0.138. The average Bonchev–Trinajstić information content (AvgIpc) is 2.81. The van der Waals surface area contributed by atoms with Gasteiger partial charge in [-0.25, -0.2) is 0 Å². The number of hydrogen-bond acceptors (Lipinski definition) is 4. The molecule has 0 fully saturated rings. The van der Waals surface area contributed by atoms with Gasteiger partial charge >= 0.3 is 12.1 Å². The summed E-state index contributed by atoms with van der Waals surface area (Å²) in [5.41, 5.74) is 2.05. The third-order valence-corrected chi connectivity index (χ3v) is 6.24. The summed E-state index contributed by atoms with van der Waals surface area (Å²) in [6.45, 7) is 7.51. The first-order chi connectivity index (χ1) is 17.8. The molecule has 1 amide bonds. The second-order valence-electron chi connectivity index (χ2n) is 9.74. The van der Waals surface area contributed by atoms with Gasteiger partial charge in [0.1, 0.15) is 6.04 Å². The summed E-state index contributed by atoms with van der Waals surface area (Å²) < 4.78 is 40.2. The number of carbonyl (C=O) groups is 2. The number of carbonyl (C=O) groups excluding carboxylic acids is 1. The summed E-state index contributed by atoms with van der Waals surface area (Å²) in [5.74, 6) is -1.93. The number of alkyl halides is 3. The Bertz CT molecular complexity index is 1360. The molecule has 38 heavy (non-hydrogen) atoms.